The summed E-state index contributed by atoms with van der Waals surface area (Å²) in [4.78, 5) is 27.4. The molecule has 1 aromatic heterocycles. The average Bonchev–Trinajstić information content (AvgIpc) is 2.48. The summed E-state index contributed by atoms with van der Waals surface area (Å²) in [6, 6.07) is 9.76. The Morgan fingerprint density at radius 2 is 1.90 bits per heavy atom. The number of amides is 1. The second-order valence-corrected chi connectivity index (χ2v) is 4.47. The summed E-state index contributed by atoms with van der Waals surface area (Å²) in [5, 5.41) is 2.54. The van der Waals surface area contributed by atoms with E-state index in [9.17, 15) is 9.59 Å². The summed E-state index contributed by atoms with van der Waals surface area (Å²) in [6.45, 7) is 1.52. The van der Waals surface area contributed by atoms with Crippen molar-refractivity contribution in [2.75, 3.05) is 17.7 Å². The van der Waals surface area contributed by atoms with Crippen molar-refractivity contribution >= 4 is 23.4 Å². The molecule has 1 amide bonds. The molecule has 1 aromatic carbocycles. The number of carbonyl (C=O) groups excluding carboxylic acids is 2. The second-order valence-electron chi connectivity index (χ2n) is 4.47. The van der Waals surface area contributed by atoms with E-state index in [0.717, 1.165) is 5.56 Å². The number of pyridine rings is 1. The van der Waals surface area contributed by atoms with Crippen LogP contribution >= 0.6 is 0 Å². The predicted molar refractivity (Wildman–Crippen MR) is 78.7 cm³/mol. The number of hydrogen-bond donors (Lipinski definition) is 2. The van der Waals surface area contributed by atoms with Gasteiger partial charge in [0.1, 0.15) is 5.82 Å². The molecule has 0 fully saturated rings. The number of carbonyl (C=O) groups is 2. The second kappa shape index (κ2) is 6.51. The summed E-state index contributed by atoms with van der Waals surface area (Å²) < 4.78 is 4.91. The van der Waals surface area contributed by atoms with Crippen molar-refractivity contribution in [3.8, 4) is 0 Å². The minimum absolute atomic E-state index is 0.338. The molecule has 0 radical (unpaired) electrons. The summed E-state index contributed by atoms with van der Waals surface area (Å²) in [7, 11) is 0. The Morgan fingerprint density at radius 1 is 1.19 bits per heavy atom. The number of nitrogens with zero attached hydrogens (tertiary/aromatic N) is 1. The van der Waals surface area contributed by atoms with Gasteiger partial charge in [0.05, 0.1) is 5.56 Å². The maximum absolute atomic E-state index is 11.7. The highest BCUT2D eigenvalue weighted by atomic mass is 16.5. The first-order valence-corrected chi connectivity index (χ1v) is 6.30. The van der Waals surface area contributed by atoms with Crippen LogP contribution in [0.4, 0.5) is 11.5 Å². The van der Waals surface area contributed by atoms with Crippen LogP contribution in [0.3, 0.4) is 0 Å². The molecule has 2 rings (SSSR count). The maximum Gasteiger partial charge on any atom is 0.338 e. The molecule has 3 N–H and O–H groups in total. The van der Waals surface area contributed by atoms with Crippen LogP contribution in [0.5, 0.6) is 0 Å². The van der Waals surface area contributed by atoms with Gasteiger partial charge in [0, 0.05) is 11.9 Å². The lowest BCUT2D eigenvalue weighted by Gasteiger charge is -2.06. The van der Waals surface area contributed by atoms with E-state index in [1.54, 1.807) is 24.4 Å². The fourth-order valence-corrected chi connectivity index (χ4v) is 1.55. The first-order chi connectivity index (χ1) is 10.0. The Bertz CT molecular complexity index is 636. The smallest absolute Gasteiger partial charge is 0.338 e. The van der Waals surface area contributed by atoms with E-state index in [-0.39, 0.29) is 6.61 Å². The van der Waals surface area contributed by atoms with Crippen molar-refractivity contribution in [3.63, 3.8) is 0 Å². The van der Waals surface area contributed by atoms with E-state index in [1.165, 1.54) is 12.1 Å². The number of esters is 1. The molecule has 0 aliphatic rings. The molecule has 0 aliphatic carbocycles. The normalized spacial score (nSPS) is 9.95. The number of aryl methyl sites for hydroxylation is 1. The van der Waals surface area contributed by atoms with Crippen LogP contribution in [-0.2, 0) is 9.53 Å². The van der Waals surface area contributed by atoms with Crippen molar-refractivity contribution in [2.24, 2.45) is 0 Å². The van der Waals surface area contributed by atoms with Crippen molar-refractivity contribution < 1.29 is 14.3 Å². The minimum Gasteiger partial charge on any atom is -0.452 e. The zero-order valence-corrected chi connectivity index (χ0v) is 11.5. The zero-order valence-electron chi connectivity index (χ0n) is 11.5. The van der Waals surface area contributed by atoms with Crippen molar-refractivity contribution in [1.29, 1.82) is 0 Å². The molecule has 0 bridgehead atoms. The SMILES string of the molecule is Cc1ccc(NC(=O)COC(=O)c2ccc(N)cc2)nc1. The van der Waals surface area contributed by atoms with Gasteiger partial charge in [0.25, 0.3) is 5.91 Å². The quantitative estimate of drug-likeness (QED) is 0.659. The number of benzene rings is 1. The molecule has 0 saturated heterocycles. The van der Waals surface area contributed by atoms with Crippen LogP contribution in [0, 0.1) is 6.92 Å². The Kier molecular flexibility index (Phi) is 4.50. The van der Waals surface area contributed by atoms with Gasteiger partial charge in [-0.25, -0.2) is 9.78 Å². The number of nitrogens with one attached hydrogen (secondary N) is 1. The van der Waals surface area contributed by atoms with Crippen molar-refractivity contribution in [3.05, 3.63) is 53.7 Å². The highest BCUT2D eigenvalue weighted by molar-refractivity contribution is 5.95. The predicted octanol–water partition coefficient (Wildman–Crippen LogP) is 1.77. The lowest BCUT2D eigenvalue weighted by atomic mass is 10.2. The van der Waals surface area contributed by atoms with Gasteiger partial charge in [-0.3, -0.25) is 4.79 Å². The first kappa shape index (κ1) is 14.5. The number of aromatic nitrogens is 1. The largest absolute Gasteiger partial charge is 0.452 e. The molecule has 2 aromatic rings. The zero-order chi connectivity index (χ0) is 15.2. The van der Waals surface area contributed by atoms with Crippen LogP contribution in [0.15, 0.2) is 42.6 Å². The van der Waals surface area contributed by atoms with Crippen LogP contribution < -0.4 is 11.1 Å². The standard InChI is InChI=1S/C15H15N3O3/c1-10-2-7-13(17-8-10)18-14(19)9-21-15(20)11-3-5-12(16)6-4-11/h2-8H,9,16H2,1H3,(H,17,18,19). The van der Waals surface area contributed by atoms with Crippen LogP contribution in [0.1, 0.15) is 15.9 Å². The Morgan fingerprint density at radius 3 is 2.52 bits per heavy atom. The summed E-state index contributed by atoms with van der Waals surface area (Å²) in [5.41, 5.74) is 7.40. The van der Waals surface area contributed by atoms with Gasteiger partial charge in [0.15, 0.2) is 6.61 Å². The Balaban J connectivity index is 1.84. The first-order valence-electron chi connectivity index (χ1n) is 6.30. The molecule has 0 spiro atoms. The number of anilines is 2. The van der Waals surface area contributed by atoms with Gasteiger partial charge in [-0.15, -0.1) is 0 Å². The van der Waals surface area contributed by atoms with E-state index in [0.29, 0.717) is 17.1 Å². The molecule has 0 atom stereocenters. The third kappa shape index (κ3) is 4.31. The molecule has 6 heteroatoms. The van der Waals surface area contributed by atoms with Crippen LogP contribution in [0.25, 0.3) is 0 Å². The molecule has 0 unspecified atom stereocenters. The number of nitrogen functional groups attached to an aromatic ring is 1. The molecular formula is C15H15N3O3. The molecule has 0 aliphatic heterocycles. The topological polar surface area (TPSA) is 94.3 Å². The van der Waals surface area contributed by atoms with E-state index < -0.39 is 11.9 Å². The van der Waals surface area contributed by atoms with E-state index in [1.807, 2.05) is 13.0 Å². The molecule has 0 saturated carbocycles. The Hall–Kier alpha value is -2.89. The molecule has 1 heterocycles. The lowest BCUT2D eigenvalue weighted by molar-refractivity contribution is -0.119. The van der Waals surface area contributed by atoms with Gasteiger partial charge in [0.2, 0.25) is 0 Å². The minimum atomic E-state index is -0.581. The molecule has 21 heavy (non-hydrogen) atoms. The average molecular weight is 285 g/mol. The maximum atomic E-state index is 11.7. The Labute approximate surface area is 121 Å². The third-order valence-corrected chi connectivity index (χ3v) is 2.66. The fraction of sp³-hybridized carbons (Fsp3) is 0.133. The van der Waals surface area contributed by atoms with Gasteiger partial charge < -0.3 is 15.8 Å². The van der Waals surface area contributed by atoms with Gasteiger partial charge in [-0.1, -0.05) is 6.07 Å². The number of rotatable bonds is 4. The molecular weight excluding hydrogens is 270 g/mol. The van der Waals surface area contributed by atoms with Gasteiger partial charge >= 0.3 is 5.97 Å². The van der Waals surface area contributed by atoms with Crippen LogP contribution in [-0.4, -0.2) is 23.5 Å². The van der Waals surface area contributed by atoms with Crippen molar-refractivity contribution in [1.82, 2.24) is 4.98 Å². The lowest BCUT2D eigenvalue weighted by Crippen LogP contribution is -2.21. The summed E-state index contributed by atoms with van der Waals surface area (Å²) in [5.74, 6) is -0.619. The highest BCUT2D eigenvalue weighted by Gasteiger charge is 2.10. The third-order valence-electron chi connectivity index (χ3n) is 2.66. The van der Waals surface area contributed by atoms with E-state index >= 15 is 0 Å². The highest BCUT2D eigenvalue weighted by Crippen LogP contribution is 2.07. The molecule has 108 valence electrons. The monoisotopic (exact) mass is 285 g/mol. The number of ether oxygens (including phenoxy) is 1. The summed E-state index contributed by atoms with van der Waals surface area (Å²) >= 11 is 0. The fourth-order valence-electron chi connectivity index (χ4n) is 1.55. The van der Waals surface area contributed by atoms with Crippen LogP contribution in [0.2, 0.25) is 0 Å². The van der Waals surface area contributed by atoms with Crippen molar-refractivity contribution in [2.45, 2.75) is 6.92 Å². The number of hydrogen-bond acceptors (Lipinski definition) is 5. The summed E-state index contributed by atoms with van der Waals surface area (Å²) in [6.07, 6.45) is 1.63. The van der Waals surface area contributed by atoms with E-state index in [4.69, 9.17) is 10.5 Å². The molecule has 6 nitrogen and oxygen atoms in total. The van der Waals surface area contributed by atoms with Gasteiger partial charge in [-0.05, 0) is 42.8 Å². The van der Waals surface area contributed by atoms with Gasteiger partial charge in [-0.2, -0.15) is 0 Å². The number of nitrogens with two attached hydrogens (primary N) is 1. The van der Waals surface area contributed by atoms with E-state index in [2.05, 4.69) is 10.3 Å².